The van der Waals surface area contributed by atoms with Crippen molar-refractivity contribution in [3.8, 4) is 0 Å². The summed E-state index contributed by atoms with van der Waals surface area (Å²) in [4.78, 5) is 3.89. The van der Waals surface area contributed by atoms with E-state index in [0.29, 0.717) is 10.0 Å². The van der Waals surface area contributed by atoms with Crippen LogP contribution in [0.2, 0.25) is 10.0 Å². The Kier molecular flexibility index (Phi) is 4.58. The van der Waals surface area contributed by atoms with Crippen molar-refractivity contribution < 1.29 is 0 Å². The van der Waals surface area contributed by atoms with Gasteiger partial charge in [-0.1, -0.05) is 23.2 Å². The summed E-state index contributed by atoms with van der Waals surface area (Å²) in [5, 5.41) is 8.73. The molecule has 18 heavy (non-hydrogen) atoms. The number of rotatable bonds is 5. The summed E-state index contributed by atoms with van der Waals surface area (Å²) in [5.74, 6) is 0. The van der Waals surface area contributed by atoms with E-state index in [4.69, 9.17) is 23.2 Å². The first kappa shape index (κ1) is 13.3. The maximum Gasteiger partial charge on any atom is 0.137 e. The van der Waals surface area contributed by atoms with Gasteiger partial charge in [0.25, 0.3) is 0 Å². The summed E-state index contributed by atoms with van der Waals surface area (Å²) in [6.45, 7) is 3.65. The average Bonchev–Trinajstić information content (AvgIpc) is 2.80. The van der Waals surface area contributed by atoms with Crippen molar-refractivity contribution in [2.24, 2.45) is 0 Å². The minimum Gasteiger partial charge on any atom is -0.308 e. The molecule has 0 bridgehead atoms. The normalized spacial score (nSPS) is 12.6. The van der Waals surface area contributed by atoms with Crippen molar-refractivity contribution in [2.75, 3.05) is 6.54 Å². The van der Waals surface area contributed by atoms with Gasteiger partial charge in [-0.2, -0.15) is 5.10 Å². The molecule has 1 aromatic heterocycles. The lowest BCUT2D eigenvalue weighted by molar-refractivity contribution is 0.507. The molecule has 0 spiro atoms. The molecule has 0 saturated heterocycles. The van der Waals surface area contributed by atoms with Gasteiger partial charge in [-0.15, -0.1) is 0 Å². The first-order chi connectivity index (χ1) is 8.65. The Morgan fingerprint density at radius 1 is 1.28 bits per heavy atom. The number of nitrogens with one attached hydrogen (secondary N) is 1. The summed E-state index contributed by atoms with van der Waals surface area (Å²) in [7, 11) is 0. The molecule has 0 amide bonds. The fourth-order valence-electron chi connectivity index (χ4n) is 1.69. The van der Waals surface area contributed by atoms with Gasteiger partial charge in [0.1, 0.15) is 12.7 Å². The molecule has 0 aliphatic heterocycles. The van der Waals surface area contributed by atoms with Gasteiger partial charge in [0.05, 0.1) is 6.54 Å². The monoisotopic (exact) mass is 284 g/mol. The molecule has 1 heterocycles. The smallest absolute Gasteiger partial charge is 0.137 e. The number of benzene rings is 1. The third kappa shape index (κ3) is 3.70. The average molecular weight is 285 g/mol. The van der Waals surface area contributed by atoms with Crippen LogP contribution in [-0.2, 0) is 6.54 Å². The van der Waals surface area contributed by atoms with Crippen LogP contribution < -0.4 is 5.32 Å². The number of nitrogens with zero attached hydrogens (tertiary/aromatic N) is 3. The maximum atomic E-state index is 5.97. The molecule has 1 unspecified atom stereocenters. The van der Waals surface area contributed by atoms with Crippen LogP contribution in [0.25, 0.3) is 0 Å². The molecule has 2 aromatic rings. The third-order valence-electron chi connectivity index (χ3n) is 2.64. The molecule has 1 atom stereocenters. The van der Waals surface area contributed by atoms with Gasteiger partial charge in [-0.05, 0) is 30.7 Å². The Morgan fingerprint density at radius 2 is 2.00 bits per heavy atom. The lowest BCUT2D eigenvalue weighted by atomic mass is 10.1. The van der Waals surface area contributed by atoms with Crippen LogP contribution in [0.4, 0.5) is 0 Å². The van der Waals surface area contributed by atoms with Gasteiger partial charge in [0, 0.05) is 22.6 Å². The van der Waals surface area contributed by atoms with Gasteiger partial charge >= 0.3 is 0 Å². The predicted octanol–water partition coefficient (Wildman–Crippen LogP) is 2.94. The van der Waals surface area contributed by atoms with E-state index in [0.717, 1.165) is 18.7 Å². The first-order valence-corrected chi connectivity index (χ1v) is 6.42. The minimum absolute atomic E-state index is 0.185. The highest BCUT2D eigenvalue weighted by Gasteiger charge is 2.06. The van der Waals surface area contributed by atoms with Crippen molar-refractivity contribution in [3.63, 3.8) is 0 Å². The zero-order valence-electron chi connectivity index (χ0n) is 9.98. The second-order valence-electron chi connectivity index (χ2n) is 4.04. The van der Waals surface area contributed by atoms with Crippen LogP contribution in [0.5, 0.6) is 0 Å². The molecule has 96 valence electrons. The van der Waals surface area contributed by atoms with E-state index in [-0.39, 0.29) is 6.04 Å². The fraction of sp³-hybridized carbons (Fsp3) is 0.333. The summed E-state index contributed by atoms with van der Waals surface area (Å²) in [5.41, 5.74) is 1.08. The zero-order chi connectivity index (χ0) is 13.0. The van der Waals surface area contributed by atoms with E-state index < -0.39 is 0 Å². The summed E-state index contributed by atoms with van der Waals surface area (Å²) < 4.78 is 1.78. The lowest BCUT2D eigenvalue weighted by Crippen LogP contribution is -2.23. The molecular formula is C12H14Cl2N4. The van der Waals surface area contributed by atoms with Crippen LogP contribution in [0, 0.1) is 0 Å². The molecule has 0 aliphatic carbocycles. The Hall–Kier alpha value is -1.10. The van der Waals surface area contributed by atoms with Gasteiger partial charge in [-0.3, -0.25) is 4.68 Å². The van der Waals surface area contributed by atoms with Gasteiger partial charge in [0.15, 0.2) is 0 Å². The first-order valence-electron chi connectivity index (χ1n) is 5.67. The maximum absolute atomic E-state index is 5.97. The summed E-state index contributed by atoms with van der Waals surface area (Å²) in [6, 6.07) is 5.75. The second-order valence-corrected chi connectivity index (χ2v) is 4.91. The van der Waals surface area contributed by atoms with Gasteiger partial charge in [0.2, 0.25) is 0 Å². The second kappa shape index (κ2) is 6.18. The SMILES string of the molecule is CC(NCCn1cncn1)c1cc(Cl)cc(Cl)c1. The zero-order valence-corrected chi connectivity index (χ0v) is 11.5. The van der Waals surface area contributed by atoms with E-state index >= 15 is 0 Å². The standard InChI is InChI=1S/C12H14Cl2N4/c1-9(10-4-11(13)6-12(14)5-10)16-2-3-18-8-15-7-17-18/h4-9,16H,2-3H2,1H3. The largest absolute Gasteiger partial charge is 0.308 e. The molecule has 1 N–H and O–H groups in total. The molecule has 6 heteroatoms. The van der Waals surface area contributed by atoms with Crippen molar-refractivity contribution >= 4 is 23.2 Å². The van der Waals surface area contributed by atoms with E-state index in [2.05, 4.69) is 22.3 Å². The fourth-order valence-corrected chi connectivity index (χ4v) is 2.23. The highest BCUT2D eigenvalue weighted by atomic mass is 35.5. The van der Waals surface area contributed by atoms with Crippen molar-refractivity contribution in [3.05, 3.63) is 46.5 Å². The van der Waals surface area contributed by atoms with E-state index in [9.17, 15) is 0 Å². The molecule has 0 radical (unpaired) electrons. The van der Waals surface area contributed by atoms with Crippen LogP contribution in [-0.4, -0.2) is 21.3 Å². The Morgan fingerprint density at radius 3 is 2.61 bits per heavy atom. The van der Waals surface area contributed by atoms with E-state index in [1.165, 1.54) is 6.33 Å². The highest BCUT2D eigenvalue weighted by molar-refractivity contribution is 6.34. The van der Waals surface area contributed by atoms with Gasteiger partial charge < -0.3 is 5.32 Å². The molecule has 0 aliphatic rings. The number of halogens is 2. The predicted molar refractivity (Wildman–Crippen MR) is 72.9 cm³/mol. The third-order valence-corrected chi connectivity index (χ3v) is 3.08. The minimum atomic E-state index is 0.185. The highest BCUT2D eigenvalue weighted by Crippen LogP contribution is 2.23. The molecule has 2 rings (SSSR count). The molecule has 0 saturated carbocycles. The van der Waals surface area contributed by atoms with E-state index in [1.54, 1.807) is 17.1 Å². The molecule has 1 aromatic carbocycles. The molecular weight excluding hydrogens is 271 g/mol. The van der Waals surface area contributed by atoms with Crippen molar-refractivity contribution in [1.29, 1.82) is 0 Å². The summed E-state index contributed by atoms with van der Waals surface area (Å²) >= 11 is 11.9. The van der Waals surface area contributed by atoms with Crippen LogP contribution in [0.1, 0.15) is 18.5 Å². The number of hydrogen-bond donors (Lipinski definition) is 1. The van der Waals surface area contributed by atoms with Crippen LogP contribution in [0.15, 0.2) is 30.9 Å². The molecule has 4 nitrogen and oxygen atoms in total. The van der Waals surface area contributed by atoms with Crippen molar-refractivity contribution in [2.45, 2.75) is 19.5 Å². The van der Waals surface area contributed by atoms with Crippen LogP contribution in [0.3, 0.4) is 0 Å². The Labute approximate surface area is 116 Å². The van der Waals surface area contributed by atoms with Gasteiger partial charge in [-0.25, -0.2) is 4.98 Å². The quantitative estimate of drug-likeness (QED) is 0.918. The van der Waals surface area contributed by atoms with E-state index in [1.807, 2.05) is 12.1 Å². The Bertz CT molecular complexity index is 479. The van der Waals surface area contributed by atoms with Crippen LogP contribution >= 0.6 is 23.2 Å². The Balaban J connectivity index is 1.89. The van der Waals surface area contributed by atoms with Crippen molar-refractivity contribution in [1.82, 2.24) is 20.1 Å². The lowest BCUT2D eigenvalue weighted by Gasteiger charge is -2.14. The summed E-state index contributed by atoms with van der Waals surface area (Å²) in [6.07, 6.45) is 3.22. The topological polar surface area (TPSA) is 42.7 Å². The number of aromatic nitrogens is 3. The molecule has 0 fully saturated rings. The number of hydrogen-bond acceptors (Lipinski definition) is 3.